The van der Waals surface area contributed by atoms with Crippen LogP contribution >= 0.6 is 0 Å². The second-order valence-corrected chi connectivity index (χ2v) is 7.91. The first kappa shape index (κ1) is 16.5. The molecular weight excluding hydrogens is 288 g/mol. The molecule has 1 aromatic carbocycles. The van der Waals surface area contributed by atoms with Crippen LogP contribution in [0.2, 0.25) is 0 Å². The van der Waals surface area contributed by atoms with E-state index in [1.807, 2.05) is 4.90 Å². The van der Waals surface area contributed by atoms with Gasteiger partial charge in [-0.25, -0.2) is 0 Å². The molecule has 2 saturated heterocycles. The van der Waals surface area contributed by atoms with Crippen molar-refractivity contribution in [2.45, 2.75) is 51.9 Å². The highest BCUT2D eigenvalue weighted by molar-refractivity contribution is 5.73. The van der Waals surface area contributed by atoms with Crippen molar-refractivity contribution in [3.63, 3.8) is 0 Å². The second kappa shape index (κ2) is 5.60. The molecule has 2 aliphatic heterocycles. The van der Waals surface area contributed by atoms with Crippen LogP contribution in [0.5, 0.6) is 0 Å². The molecule has 4 heteroatoms. The van der Waals surface area contributed by atoms with Crippen LogP contribution in [-0.2, 0) is 9.53 Å². The van der Waals surface area contributed by atoms with Gasteiger partial charge in [0.05, 0.1) is 12.1 Å². The zero-order valence-corrected chi connectivity index (χ0v) is 14.9. The number of carbonyl (C=O) groups is 1. The molecule has 0 radical (unpaired) electrons. The summed E-state index contributed by atoms with van der Waals surface area (Å²) in [5.74, 6) is 0.144. The normalized spacial score (nSPS) is 24.3. The Kier molecular flexibility index (Phi) is 4.01. The first-order valence-corrected chi connectivity index (χ1v) is 8.46. The fourth-order valence-corrected chi connectivity index (χ4v) is 4.01. The standard InChI is InChI=1S/C19H28N2O2/c1-14-7-6-8-17(9-14)15(2)20-11-19(12-20)13-21(16(3)22)10-18(4,5)23-19/h6-9,15H,10-13H2,1-5H3. The molecule has 0 saturated carbocycles. The molecule has 1 unspecified atom stereocenters. The van der Waals surface area contributed by atoms with Gasteiger partial charge in [0, 0.05) is 32.6 Å². The summed E-state index contributed by atoms with van der Waals surface area (Å²) in [6.07, 6.45) is 0. The Morgan fingerprint density at radius 3 is 2.52 bits per heavy atom. The molecule has 1 spiro atoms. The van der Waals surface area contributed by atoms with Gasteiger partial charge in [-0.15, -0.1) is 0 Å². The van der Waals surface area contributed by atoms with E-state index in [0.717, 1.165) is 13.1 Å². The van der Waals surface area contributed by atoms with E-state index >= 15 is 0 Å². The van der Waals surface area contributed by atoms with Crippen LogP contribution in [0.15, 0.2) is 24.3 Å². The fraction of sp³-hybridized carbons (Fsp3) is 0.632. The van der Waals surface area contributed by atoms with E-state index in [4.69, 9.17) is 4.74 Å². The number of carbonyl (C=O) groups excluding carboxylic acids is 1. The van der Waals surface area contributed by atoms with Crippen LogP contribution in [0, 0.1) is 6.92 Å². The molecule has 2 fully saturated rings. The Labute approximate surface area is 139 Å². The van der Waals surface area contributed by atoms with Gasteiger partial charge in [-0.05, 0) is 33.3 Å². The Morgan fingerprint density at radius 1 is 1.22 bits per heavy atom. The van der Waals surface area contributed by atoms with E-state index in [1.54, 1.807) is 6.92 Å². The Balaban J connectivity index is 1.70. The molecule has 1 amide bonds. The summed E-state index contributed by atoms with van der Waals surface area (Å²) in [6, 6.07) is 9.07. The molecular formula is C19H28N2O2. The third-order valence-electron chi connectivity index (χ3n) is 5.04. The molecule has 0 aromatic heterocycles. The Hall–Kier alpha value is -1.39. The van der Waals surface area contributed by atoms with Crippen molar-refractivity contribution in [2.24, 2.45) is 0 Å². The van der Waals surface area contributed by atoms with Gasteiger partial charge in [0.25, 0.3) is 0 Å². The summed E-state index contributed by atoms with van der Waals surface area (Å²) in [5, 5.41) is 0. The largest absolute Gasteiger partial charge is 0.363 e. The molecule has 2 aliphatic rings. The van der Waals surface area contributed by atoms with Crippen LogP contribution < -0.4 is 0 Å². The van der Waals surface area contributed by atoms with Gasteiger partial charge in [0.2, 0.25) is 5.91 Å². The lowest BCUT2D eigenvalue weighted by molar-refractivity contribution is -0.250. The van der Waals surface area contributed by atoms with Gasteiger partial charge >= 0.3 is 0 Å². The molecule has 2 heterocycles. The van der Waals surface area contributed by atoms with Gasteiger partial charge in [0.1, 0.15) is 5.60 Å². The zero-order chi connectivity index (χ0) is 16.8. The minimum absolute atomic E-state index is 0.144. The molecule has 1 aromatic rings. The van der Waals surface area contributed by atoms with E-state index in [-0.39, 0.29) is 17.1 Å². The summed E-state index contributed by atoms with van der Waals surface area (Å²) in [4.78, 5) is 16.2. The van der Waals surface area contributed by atoms with Crippen LogP contribution in [0.3, 0.4) is 0 Å². The number of likely N-dealkylation sites (tertiary alicyclic amines) is 1. The van der Waals surface area contributed by atoms with Crippen molar-refractivity contribution < 1.29 is 9.53 Å². The third-order valence-corrected chi connectivity index (χ3v) is 5.04. The molecule has 0 bridgehead atoms. The number of benzene rings is 1. The van der Waals surface area contributed by atoms with Crippen LogP contribution in [0.1, 0.15) is 44.9 Å². The van der Waals surface area contributed by atoms with Crippen molar-refractivity contribution in [3.8, 4) is 0 Å². The SMILES string of the molecule is CC(=O)N1CC(C)(C)OC2(C1)CN(C(C)c1cccc(C)c1)C2. The average molecular weight is 316 g/mol. The maximum absolute atomic E-state index is 11.8. The van der Waals surface area contributed by atoms with Gasteiger partial charge < -0.3 is 9.64 Å². The summed E-state index contributed by atoms with van der Waals surface area (Å²) in [6.45, 7) is 13.3. The van der Waals surface area contributed by atoms with Gasteiger partial charge in [0.15, 0.2) is 0 Å². The van der Waals surface area contributed by atoms with Crippen molar-refractivity contribution >= 4 is 5.91 Å². The van der Waals surface area contributed by atoms with Gasteiger partial charge in [-0.3, -0.25) is 9.69 Å². The summed E-state index contributed by atoms with van der Waals surface area (Å²) in [5.41, 5.74) is 2.16. The molecule has 0 N–H and O–H groups in total. The maximum atomic E-state index is 11.8. The number of morpholine rings is 1. The van der Waals surface area contributed by atoms with Gasteiger partial charge in [-0.2, -0.15) is 0 Å². The van der Waals surface area contributed by atoms with E-state index in [2.05, 4.69) is 56.9 Å². The van der Waals surface area contributed by atoms with E-state index < -0.39 is 0 Å². The number of nitrogens with zero attached hydrogens (tertiary/aromatic N) is 2. The molecule has 23 heavy (non-hydrogen) atoms. The smallest absolute Gasteiger partial charge is 0.219 e. The summed E-state index contributed by atoms with van der Waals surface area (Å²) in [7, 11) is 0. The highest BCUT2D eigenvalue weighted by atomic mass is 16.5. The van der Waals surface area contributed by atoms with Crippen molar-refractivity contribution in [1.29, 1.82) is 0 Å². The third kappa shape index (κ3) is 3.29. The van der Waals surface area contributed by atoms with Crippen LogP contribution in [0.4, 0.5) is 0 Å². The molecule has 4 nitrogen and oxygen atoms in total. The Morgan fingerprint density at radius 2 is 1.91 bits per heavy atom. The highest BCUT2D eigenvalue weighted by Crippen LogP contribution is 2.39. The number of amides is 1. The first-order valence-electron chi connectivity index (χ1n) is 8.46. The average Bonchev–Trinajstić information content (AvgIpc) is 2.42. The number of hydrogen-bond acceptors (Lipinski definition) is 3. The fourth-order valence-electron chi connectivity index (χ4n) is 4.01. The van der Waals surface area contributed by atoms with Crippen molar-refractivity contribution in [2.75, 3.05) is 26.2 Å². The lowest BCUT2D eigenvalue weighted by Gasteiger charge is -2.59. The molecule has 1 atom stereocenters. The summed E-state index contributed by atoms with van der Waals surface area (Å²) < 4.78 is 6.38. The predicted molar refractivity (Wildman–Crippen MR) is 91.3 cm³/mol. The lowest BCUT2D eigenvalue weighted by Crippen LogP contribution is -2.73. The molecule has 3 rings (SSSR count). The predicted octanol–water partition coefficient (Wildman–Crippen LogP) is 2.77. The maximum Gasteiger partial charge on any atom is 0.219 e. The van der Waals surface area contributed by atoms with E-state index in [0.29, 0.717) is 19.1 Å². The lowest BCUT2D eigenvalue weighted by atomic mass is 9.86. The topological polar surface area (TPSA) is 32.8 Å². The zero-order valence-electron chi connectivity index (χ0n) is 14.9. The minimum atomic E-state index is -0.275. The van der Waals surface area contributed by atoms with Crippen LogP contribution in [0.25, 0.3) is 0 Å². The highest BCUT2D eigenvalue weighted by Gasteiger charge is 2.53. The van der Waals surface area contributed by atoms with Crippen molar-refractivity contribution in [1.82, 2.24) is 9.80 Å². The number of hydrogen-bond donors (Lipinski definition) is 0. The quantitative estimate of drug-likeness (QED) is 0.841. The number of aryl methyl sites for hydroxylation is 1. The monoisotopic (exact) mass is 316 g/mol. The van der Waals surface area contributed by atoms with Crippen LogP contribution in [-0.4, -0.2) is 53.1 Å². The van der Waals surface area contributed by atoms with Crippen molar-refractivity contribution in [3.05, 3.63) is 35.4 Å². The Bertz CT molecular complexity index is 605. The number of rotatable bonds is 2. The molecule has 0 aliphatic carbocycles. The first-order chi connectivity index (χ1) is 10.7. The van der Waals surface area contributed by atoms with Gasteiger partial charge in [-0.1, -0.05) is 29.8 Å². The summed E-state index contributed by atoms with van der Waals surface area (Å²) >= 11 is 0. The van der Waals surface area contributed by atoms with E-state index in [9.17, 15) is 4.79 Å². The molecule has 126 valence electrons. The second-order valence-electron chi connectivity index (χ2n) is 7.91. The van der Waals surface area contributed by atoms with E-state index in [1.165, 1.54) is 11.1 Å². The minimum Gasteiger partial charge on any atom is -0.363 e. The number of ether oxygens (including phenoxy) is 1.